The summed E-state index contributed by atoms with van der Waals surface area (Å²) in [5, 5.41) is 3.50. The highest BCUT2D eigenvalue weighted by Gasteiger charge is 2.05. The van der Waals surface area contributed by atoms with E-state index in [1.807, 2.05) is 45.0 Å². The standard InChI is InChI=1S/C19H22ClNO2/c1-13-6-7-15(3)18(11-13)23-10-4-5-19(22)21-16-9-8-14(2)17(20)12-16/h6-9,11-12H,4-5,10H2,1-3H3,(H,21,22). The highest BCUT2D eigenvalue weighted by Crippen LogP contribution is 2.21. The fraction of sp³-hybridized carbons (Fsp3) is 0.316. The second kappa shape index (κ2) is 8.02. The third kappa shape index (κ3) is 5.29. The summed E-state index contributed by atoms with van der Waals surface area (Å²) in [6, 6.07) is 11.6. The molecule has 0 unspecified atom stereocenters. The Morgan fingerprint density at radius 1 is 1.09 bits per heavy atom. The Morgan fingerprint density at radius 3 is 2.57 bits per heavy atom. The molecule has 0 aromatic heterocycles. The molecule has 4 heteroatoms. The molecule has 0 atom stereocenters. The molecule has 0 bridgehead atoms. The van der Waals surface area contributed by atoms with Crippen LogP contribution in [0.4, 0.5) is 5.69 Å². The number of benzene rings is 2. The number of carbonyl (C=O) groups is 1. The van der Waals surface area contributed by atoms with Crippen LogP contribution in [0.25, 0.3) is 0 Å². The van der Waals surface area contributed by atoms with Gasteiger partial charge in [-0.25, -0.2) is 0 Å². The van der Waals surface area contributed by atoms with Crippen LogP contribution in [-0.2, 0) is 4.79 Å². The van der Waals surface area contributed by atoms with Gasteiger partial charge in [-0.15, -0.1) is 0 Å². The molecule has 0 aliphatic heterocycles. The number of hydrogen-bond donors (Lipinski definition) is 1. The minimum atomic E-state index is -0.0329. The van der Waals surface area contributed by atoms with E-state index in [2.05, 4.69) is 11.4 Å². The van der Waals surface area contributed by atoms with Crippen molar-refractivity contribution in [2.24, 2.45) is 0 Å². The Bertz CT molecular complexity index is 698. The monoisotopic (exact) mass is 331 g/mol. The van der Waals surface area contributed by atoms with E-state index in [0.29, 0.717) is 24.5 Å². The highest BCUT2D eigenvalue weighted by atomic mass is 35.5. The molecule has 0 heterocycles. The van der Waals surface area contributed by atoms with E-state index in [-0.39, 0.29) is 5.91 Å². The predicted molar refractivity (Wildman–Crippen MR) is 95.5 cm³/mol. The van der Waals surface area contributed by atoms with E-state index in [1.165, 1.54) is 5.56 Å². The van der Waals surface area contributed by atoms with Gasteiger partial charge in [-0.05, 0) is 62.1 Å². The van der Waals surface area contributed by atoms with Crippen LogP contribution in [0.15, 0.2) is 36.4 Å². The predicted octanol–water partition coefficient (Wildman–Crippen LogP) is 5.06. The van der Waals surface area contributed by atoms with Gasteiger partial charge in [0, 0.05) is 17.1 Å². The molecule has 1 amide bonds. The molecule has 0 aliphatic carbocycles. The average Bonchev–Trinajstić information content (AvgIpc) is 2.51. The third-order valence-electron chi connectivity index (χ3n) is 3.60. The molecule has 0 saturated carbocycles. The highest BCUT2D eigenvalue weighted by molar-refractivity contribution is 6.31. The van der Waals surface area contributed by atoms with Crippen molar-refractivity contribution in [2.75, 3.05) is 11.9 Å². The number of rotatable bonds is 6. The molecule has 0 fully saturated rings. The van der Waals surface area contributed by atoms with Gasteiger partial charge in [0.15, 0.2) is 0 Å². The Balaban J connectivity index is 1.76. The van der Waals surface area contributed by atoms with Gasteiger partial charge in [0.1, 0.15) is 5.75 Å². The number of nitrogens with one attached hydrogen (secondary N) is 1. The van der Waals surface area contributed by atoms with Crippen LogP contribution in [-0.4, -0.2) is 12.5 Å². The minimum absolute atomic E-state index is 0.0329. The molecule has 2 aromatic carbocycles. The summed E-state index contributed by atoms with van der Waals surface area (Å²) in [7, 11) is 0. The fourth-order valence-electron chi connectivity index (χ4n) is 2.17. The first-order valence-corrected chi connectivity index (χ1v) is 8.09. The molecule has 0 saturated heterocycles. The molecular formula is C19H22ClNO2. The van der Waals surface area contributed by atoms with Gasteiger partial charge in [-0.2, -0.15) is 0 Å². The fourth-order valence-corrected chi connectivity index (χ4v) is 2.35. The Morgan fingerprint density at radius 2 is 1.83 bits per heavy atom. The van der Waals surface area contributed by atoms with E-state index in [9.17, 15) is 4.79 Å². The van der Waals surface area contributed by atoms with Crippen molar-refractivity contribution in [1.29, 1.82) is 0 Å². The summed E-state index contributed by atoms with van der Waals surface area (Å²) in [5.74, 6) is 0.852. The Kier molecular flexibility index (Phi) is 6.05. The van der Waals surface area contributed by atoms with Gasteiger partial charge in [-0.1, -0.05) is 29.8 Å². The maximum atomic E-state index is 11.9. The lowest BCUT2D eigenvalue weighted by Crippen LogP contribution is -2.13. The lowest BCUT2D eigenvalue weighted by molar-refractivity contribution is -0.116. The van der Waals surface area contributed by atoms with Crippen LogP contribution in [0, 0.1) is 20.8 Å². The van der Waals surface area contributed by atoms with E-state index in [4.69, 9.17) is 16.3 Å². The molecule has 23 heavy (non-hydrogen) atoms. The van der Waals surface area contributed by atoms with Crippen LogP contribution in [0.1, 0.15) is 29.5 Å². The SMILES string of the molecule is Cc1ccc(C)c(OCCCC(=O)Nc2ccc(C)c(Cl)c2)c1. The van der Waals surface area contributed by atoms with Gasteiger partial charge in [-0.3, -0.25) is 4.79 Å². The van der Waals surface area contributed by atoms with Crippen LogP contribution in [0.5, 0.6) is 5.75 Å². The summed E-state index contributed by atoms with van der Waals surface area (Å²) >= 11 is 6.05. The van der Waals surface area contributed by atoms with Gasteiger partial charge in [0.25, 0.3) is 0 Å². The second-order valence-corrected chi connectivity index (χ2v) is 6.14. The zero-order chi connectivity index (χ0) is 16.8. The Hall–Kier alpha value is -2.00. The molecule has 2 rings (SSSR count). The van der Waals surface area contributed by atoms with Crippen molar-refractivity contribution in [3.05, 3.63) is 58.1 Å². The molecule has 122 valence electrons. The van der Waals surface area contributed by atoms with Gasteiger partial charge < -0.3 is 10.1 Å². The number of aryl methyl sites for hydroxylation is 3. The maximum Gasteiger partial charge on any atom is 0.224 e. The first-order chi connectivity index (χ1) is 11.0. The molecular weight excluding hydrogens is 310 g/mol. The molecule has 2 aromatic rings. The van der Waals surface area contributed by atoms with Crippen molar-refractivity contribution in [2.45, 2.75) is 33.6 Å². The zero-order valence-electron chi connectivity index (χ0n) is 13.8. The normalized spacial score (nSPS) is 10.4. The van der Waals surface area contributed by atoms with Crippen molar-refractivity contribution in [3.63, 3.8) is 0 Å². The van der Waals surface area contributed by atoms with Gasteiger partial charge in [0.05, 0.1) is 6.61 Å². The summed E-state index contributed by atoms with van der Waals surface area (Å²) in [6.45, 7) is 6.50. The molecule has 0 spiro atoms. The van der Waals surface area contributed by atoms with E-state index in [1.54, 1.807) is 6.07 Å². The summed E-state index contributed by atoms with van der Waals surface area (Å²) in [5.41, 5.74) is 3.99. The van der Waals surface area contributed by atoms with Crippen molar-refractivity contribution in [1.82, 2.24) is 0 Å². The van der Waals surface area contributed by atoms with Gasteiger partial charge >= 0.3 is 0 Å². The second-order valence-electron chi connectivity index (χ2n) is 5.73. The Labute approximate surface area is 142 Å². The van der Waals surface area contributed by atoms with Crippen LogP contribution in [0.2, 0.25) is 5.02 Å². The molecule has 0 radical (unpaired) electrons. The topological polar surface area (TPSA) is 38.3 Å². The number of hydrogen-bond acceptors (Lipinski definition) is 2. The number of ether oxygens (including phenoxy) is 1. The van der Waals surface area contributed by atoms with E-state index >= 15 is 0 Å². The first kappa shape index (κ1) is 17.4. The van der Waals surface area contributed by atoms with Crippen LogP contribution < -0.4 is 10.1 Å². The number of amides is 1. The smallest absolute Gasteiger partial charge is 0.224 e. The lowest BCUT2D eigenvalue weighted by Gasteiger charge is -2.10. The summed E-state index contributed by atoms with van der Waals surface area (Å²) in [6.07, 6.45) is 1.08. The van der Waals surface area contributed by atoms with Crippen LogP contribution >= 0.6 is 11.6 Å². The lowest BCUT2D eigenvalue weighted by atomic mass is 10.1. The summed E-state index contributed by atoms with van der Waals surface area (Å²) < 4.78 is 5.75. The van der Waals surface area contributed by atoms with Crippen LogP contribution in [0.3, 0.4) is 0 Å². The number of anilines is 1. The molecule has 1 N–H and O–H groups in total. The zero-order valence-corrected chi connectivity index (χ0v) is 14.5. The number of halogens is 1. The quantitative estimate of drug-likeness (QED) is 0.751. The first-order valence-electron chi connectivity index (χ1n) is 7.72. The van der Waals surface area contributed by atoms with Crippen molar-refractivity contribution in [3.8, 4) is 5.75 Å². The van der Waals surface area contributed by atoms with Crippen molar-refractivity contribution < 1.29 is 9.53 Å². The number of carbonyl (C=O) groups excluding carboxylic acids is 1. The van der Waals surface area contributed by atoms with E-state index in [0.717, 1.165) is 22.6 Å². The van der Waals surface area contributed by atoms with Crippen molar-refractivity contribution >= 4 is 23.2 Å². The van der Waals surface area contributed by atoms with Gasteiger partial charge in [0.2, 0.25) is 5.91 Å². The van der Waals surface area contributed by atoms with E-state index < -0.39 is 0 Å². The largest absolute Gasteiger partial charge is 0.493 e. The summed E-state index contributed by atoms with van der Waals surface area (Å²) in [4.78, 5) is 11.9. The minimum Gasteiger partial charge on any atom is -0.493 e. The molecule has 0 aliphatic rings. The third-order valence-corrected chi connectivity index (χ3v) is 4.01. The molecule has 3 nitrogen and oxygen atoms in total. The maximum absolute atomic E-state index is 11.9. The average molecular weight is 332 g/mol.